The van der Waals surface area contributed by atoms with Crippen LogP contribution >= 0.6 is 12.4 Å². The SMILES string of the molecule is Cl.Cn1c(=O)oc2cc(S(=O)(=O)NCCCN)ccc21. The molecule has 2 rings (SSSR count). The lowest BCUT2D eigenvalue weighted by Gasteiger charge is -2.05. The molecule has 0 radical (unpaired) electrons. The lowest BCUT2D eigenvalue weighted by atomic mass is 10.3. The number of halogens is 1. The largest absolute Gasteiger partial charge is 0.419 e. The highest BCUT2D eigenvalue weighted by molar-refractivity contribution is 7.89. The fraction of sp³-hybridized carbons (Fsp3) is 0.364. The van der Waals surface area contributed by atoms with E-state index >= 15 is 0 Å². The van der Waals surface area contributed by atoms with Crippen molar-refractivity contribution in [1.29, 1.82) is 0 Å². The second-order valence-electron chi connectivity index (χ2n) is 4.10. The number of nitrogens with zero attached hydrogens (tertiary/aromatic N) is 1. The lowest BCUT2D eigenvalue weighted by Crippen LogP contribution is -2.26. The summed E-state index contributed by atoms with van der Waals surface area (Å²) in [7, 11) is -2.05. The smallest absolute Gasteiger partial charge is 0.408 e. The summed E-state index contributed by atoms with van der Waals surface area (Å²) in [4.78, 5) is 11.4. The number of fused-ring (bicyclic) bond motifs is 1. The number of aryl methyl sites for hydroxylation is 1. The van der Waals surface area contributed by atoms with E-state index in [0.717, 1.165) is 0 Å². The third kappa shape index (κ3) is 3.21. The van der Waals surface area contributed by atoms with Crippen LogP contribution in [0.5, 0.6) is 0 Å². The van der Waals surface area contributed by atoms with Crippen LogP contribution in [0.3, 0.4) is 0 Å². The Morgan fingerprint density at radius 3 is 2.75 bits per heavy atom. The van der Waals surface area contributed by atoms with Gasteiger partial charge >= 0.3 is 5.76 Å². The van der Waals surface area contributed by atoms with E-state index in [1.807, 2.05) is 0 Å². The monoisotopic (exact) mass is 321 g/mol. The van der Waals surface area contributed by atoms with Crippen LogP contribution in [0.1, 0.15) is 6.42 Å². The normalized spacial score (nSPS) is 11.5. The molecule has 112 valence electrons. The van der Waals surface area contributed by atoms with Crippen LogP contribution in [0.15, 0.2) is 32.3 Å². The van der Waals surface area contributed by atoms with Crippen molar-refractivity contribution in [2.24, 2.45) is 12.8 Å². The highest BCUT2D eigenvalue weighted by Gasteiger charge is 2.16. The topological polar surface area (TPSA) is 107 Å². The quantitative estimate of drug-likeness (QED) is 0.764. The van der Waals surface area contributed by atoms with Crippen LogP contribution in [-0.4, -0.2) is 26.1 Å². The van der Waals surface area contributed by atoms with E-state index in [4.69, 9.17) is 10.2 Å². The summed E-state index contributed by atoms with van der Waals surface area (Å²) < 4.78 is 32.6. The highest BCUT2D eigenvalue weighted by Crippen LogP contribution is 2.17. The molecule has 9 heteroatoms. The van der Waals surface area contributed by atoms with Crippen LogP contribution < -0.4 is 16.2 Å². The summed E-state index contributed by atoms with van der Waals surface area (Å²) in [6.45, 7) is 0.685. The Hall–Kier alpha value is -1.35. The zero-order valence-electron chi connectivity index (χ0n) is 10.8. The van der Waals surface area contributed by atoms with E-state index in [0.29, 0.717) is 18.5 Å². The summed E-state index contributed by atoms with van der Waals surface area (Å²) >= 11 is 0. The van der Waals surface area contributed by atoms with Gasteiger partial charge in [-0.05, 0) is 25.1 Å². The molecule has 0 unspecified atom stereocenters. The molecule has 0 saturated heterocycles. The molecule has 20 heavy (non-hydrogen) atoms. The summed E-state index contributed by atoms with van der Waals surface area (Å²) in [6, 6.07) is 4.31. The highest BCUT2D eigenvalue weighted by atomic mass is 35.5. The third-order valence-electron chi connectivity index (χ3n) is 2.75. The van der Waals surface area contributed by atoms with E-state index in [1.165, 1.54) is 22.8 Å². The van der Waals surface area contributed by atoms with Crippen LogP contribution in [0, 0.1) is 0 Å². The predicted molar refractivity (Wildman–Crippen MR) is 77.6 cm³/mol. The van der Waals surface area contributed by atoms with Gasteiger partial charge in [0.05, 0.1) is 10.4 Å². The summed E-state index contributed by atoms with van der Waals surface area (Å²) in [5.74, 6) is -0.527. The van der Waals surface area contributed by atoms with Gasteiger partial charge in [0.25, 0.3) is 0 Å². The molecule has 0 aliphatic carbocycles. The summed E-state index contributed by atoms with van der Waals surface area (Å²) in [5.41, 5.74) is 6.09. The molecule has 0 amide bonds. The van der Waals surface area contributed by atoms with Crippen LogP contribution in [-0.2, 0) is 17.1 Å². The number of benzene rings is 1. The molecule has 1 heterocycles. The molecule has 2 aromatic rings. The molecule has 0 atom stereocenters. The third-order valence-corrected chi connectivity index (χ3v) is 4.21. The first-order valence-electron chi connectivity index (χ1n) is 5.75. The van der Waals surface area contributed by atoms with Gasteiger partial charge in [-0.3, -0.25) is 4.57 Å². The van der Waals surface area contributed by atoms with Crippen molar-refractivity contribution in [3.63, 3.8) is 0 Å². The van der Waals surface area contributed by atoms with Gasteiger partial charge in [-0.1, -0.05) is 0 Å². The minimum Gasteiger partial charge on any atom is -0.408 e. The molecule has 1 aromatic heterocycles. The molecule has 3 N–H and O–H groups in total. The second-order valence-corrected chi connectivity index (χ2v) is 5.86. The minimum absolute atomic E-state index is 0. The van der Waals surface area contributed by atoms with Gasteiger partial charge in [0.2, 0.25) is 10.0 Å². The Balaban J connectivity index is 0.00000200. The van der Waals surface area contributed by atoms with Crippen molar-refractivity contribution in [3.05, 3.63) is 28.7 Å². The Morgan fingerprint density at radius 2 is 2.10 bits per heavy atom. The maximum Gasteiger partial charge on any atom is 0.419 e. The van der Waals surface area contributed by atoms with E-state index in [2.05, 4.69) is 4.72 Å². The van der Waals surface area contributed by atoms with Gasteiger partial charge in [-0.25, -0.2) is 17.9 Å². The van der Waals surface area contributed by atoms with Crippen LogP contribution in [0.25, 0.3) is 11.1 Å². The standard InChI is InChI=1S/C11H15N3O4S.ClH/c1-14-9-4-3-8(7-10(9)18-11(14)15)19(16,17)13-6-2-5-12;/h3-4,7,13H,2,5-6,12H2,1H3;1H. The number of hydrogen-bond acceptors (Lipinski definition) is 5. The number of nitrogens with two attached hydrogens (primary N) is 1. The predicted octanol–water partition coefficient (Wildman–Crippen LogP) is 0.180. The van der Waals surface area contributed by atoms with E-state index < -0.39 is 15.8 Å². The summed E-state index contributed by atoms with van der Waals surface area (Å²) in [5, 5.41) is 0. The van der Waals surface area contributed by atoms with Gasteiger partial charge in [0.15, 0.2) is 5.58 Å². The number of aromatic nitrogens is 1. The van der Waals surface area contributed by atoms with Crippen LogP contribution in [0.2, 0.25) is 0 Å². The molecule has 0 aliphatic heterocycles. The molecular formula is C11H16ClN3O4S. The van der Waals surface area contributed by atoms with Crippen LogP contribution in [0.4, 0.5) is 0 Å². The van der Waals surface area contributed by atoms with E-state index in [9.17, 15) is 13.2 Å². The fourth-order valence-electron chi connectivity index (χ4n) is 1.67. The van der Waals surface area contributed by atoms with Gasteiger partial charge in [0, 0.05) is 19.7 Å². The van der Waals surface area contributed by atoms with Gasteiger partial charge in [0.1, 0.15) is 0 Å². The van der Waals surface area contributed by atoms with Crippen molar-refractivity contribution < 1.29 is 12.8 Å². The Labute approximate surface area is 122 Å². The maximum absolute atomic E-state index is 12.0. The first-order valence-corrected chi connectivity index (χ1v) is 7.23. The Kier molecular flexibility index (Phi) is 5.35. The molecule has 0 saturated carbocycles. The maximum atomic E-state index is 12.0. The summed E-state index contributed by atoms with van der Waals surface area (Å²) in [6.07, 6.45) is 0.557. The molecule has 7 nitrogen and oxygen atoms in total. The number of hydrogen-bond donors (Lipinski definition) is 2. The first kappa shape index (κ1) is 16.7. The zero-order chi connectivity index (χ0) is 14.0. The van der Waals surface area contributed by atoms with Crippen molar-refractivity contribution >= 4 is 33.5 Å². The second kappa shape index (κ2) is 6.40. The average molecular weight is 322 g/mol. The lowest BCUT2D eigenvalue weighted by molar-refractivity contribution is 0.527. The fourth-order valence-corrected chi connectivity index (χ4v) is 2.76. The van der Waals surface area contributed by atoms with E-state index in [-0.39, 0.29) is 29.4 Å². The zero-order valence-corrected chi connectivity index (χ0v) is 12.5. The van der Waals surface area contributed by atoms with Gasteiger partial charge in [-0.15, -0.1) is 12.4 Å². The minimum atomic E-state index is -3.60. The molecule has 0 spiro atoms. The van der Waals surface area contributed by atoms with Crippen molar-refractivity contribution in [1.82, 2.24) is 9.29 Å². The molecule has 0 aliphatic rings. The number of sulfonamides is 1. The molecule has 1 aromatic carbocycles. The molecule has 0 bridgehead atoms. The number of rotatable bonds is 5. The first-order chi connectivity index (χ1) is 8.95. The van der Waals surface area contributed by atoms with Crippen molar-refractivity contribution in [2.75, 3.05) is 13.1 Å². The Morgan fingerprint density at radius 1 is 1.40 bits per heavy atom. The number of nitrogens with one attached hydrogen (secondary N) is 1. The molecule has 0 fully saturated rings. The average Bonchev–Trinajstić information content (AvgIpc) is 2.65. The molecular weight excluding hydrogens is 306 g/mol. The van der Waals surface area contributed by atoms with Crippen molar-refractivity contribution in [2.45, 2.75) is 11.3 Å². The van der Waals surface area contributed by atoms with E-state index in [1.54, 1.807) is 7.05 Å². The number of oxazole rings is 1. The Bertz CT molecular complexity index is 751. The van der Waals surface area contributed by atoms with Gasteiger partial charge in [-0.2, -0.15) is 0 Å². The van der Waals surface area contributed by atoms with Crippen molar-refractivity contribution in [3.8, 4) is 0 Å². The van der Waals surface area contributed by atoms with Gasteiger partial charge < -0.3 is 10.2 Å².